The normalized spacial score (nSPS) is 18.0. The summed E-state index contributed by atoms with van der Waals surface area (Å²) in [6.07, 6.45) is 1.72. The minimum Gasteiger partial charge on any atom is -0.379 e. The zero-order valence-electron chi connectivity index (χ0n) is 12.3. The number of hydrogen-bond donors (Lipinski definition) is 1. The van der Waals surface area contributed by atoms with Crippen molar-refractivity contribution >= 4 is 0 Å². The van der Waals surface area contributed by atoms with Crippen LogP contribution in [0.4, 0.5) is 0 Å². The van der Waals surface area contributed by atoms with Crippen LogP contribution in [0.15, 0.2) is 10.7 Å². The fraction of sp³-hybridized carbons (Fsp3) is 0.615. The van der Waals surface area contributed by atoms with Crippen molar-refractivity contribution in [1.82, 2.24) is 24.8 Å². The van der Waals surface area contributed by atoms with Gasteiger partial charge in [0.15, 0.2) is 5.82 Å². The number of ether oxygens (including phenoxy) is 1. The molecular weight excluding hydrogens is 272 g/mol. The lowest BCUT2D eigenvalue weighted by Gasteiger charge is -2.27. The number of aryl methyl sites for hydroxylation is 1. The minimum atomic E-state index is -0.266. The van der Waals surface area contributed by atoms with Gasteiger partial charge in [-0.2, -0.15) is 10.1 Å². The van der Waals surface area contributed by atoms with Crippen LogP contribution in [0.1, 0.15) is 17.6 Å². The predicted molar refractivity (Wildman–Crippen MR) is 75.4 cm³/mol. The van der Waals surface area contributed by atoms with Gasteiger partial charge < -0.3 is 15.0 Å². The molecule has 3 heterocycles. The Morgan fingerprint density at radius 2 is 2.14 bits per heavy atom. The van der Waals surface area contributed by atoms with E-state index < -0.39 is 0 Å². The van der Waals surface area contributed by atoms with Crippen molar-refractivity contribution in [3.63, 3.8) is 0 Å². The lowest BCUT2D eigenvalue weighted by molar-refractivity contribution is 0.0348. The maximum atomic E-state index is 6.17. The Morgan fingerprint density at radius 1 is 1.38 bits per heavy atom. The number of rotatable bonds is 4. The highest BCUT2D eigenvalue weighted by Crippen LogP contribution is 2.22. The highest BCUT2D eigenvalue weighted by molar-refractivity contribution is 5.54. The maximum Gasteiger partial charge on any atom is 0.261 e. The molecule has 0 saturated carbocycles. The Labute approximate surface area is 122 Å². The van der Waals surface area contributed by atoms with Gasteiger partial charge in [0.2, 0.25) is 0 Å². The Morgan fingerprint density at radius 3 is 2.81 bits per heavy atom. The van der Waals surface area contributed by atoms with E-state index in [-0.39, 0.29) is 6.04 Å². The van der Waals surface area contributed by atoms with Gasteiger partial charge in [-0.3, -0.25) is 9.58 Å². The van der Waals surface area contributed by atoms with Crippen LogP contribution in [0.2, 0.25) is 0 Å². The molecule has 0 radical (unpaired) electrons. The molecule has 1 atom stereocenters. The molecule has 1 aliphatic heterocycles. The summed E-state index contributed by atoms with van der Waals surface area (Å²) in [7, 11) is 1.88. The van der Waals surface area contributed by atoms with Crippen LogP contribution < -0.4 is 5.73 Å². The molecule has 0 spiro atoms. The van der Waals surface area contributed by atoms with Gasteiger partial charge in [-0.25, -0.2) is 0 Å². The quantitative estimate of drug-likeness (QED) is 0.854. The molecule has 1 unspecified atom stereocenters. The van der Waals surface area contributed by atoms with E-state index in [0.29, 0.717) is 18.3 Å². The van der Waals surface area contributed by atoms with Crippen molar-refractivity contribution in [2.45, 2.75) is 13.0 Å². The summed E-state index contributed by atoms with van der Waals surface area (Å²) in [6.45, 7) is 5.94. The zero-order valence-corrected chi connectivity index (χ0v) is 12.3. The fourth-order valence-corrected chi connectivity index (χ4v) is 2.35. The summed E-state index contributed by atoms with van der Waals surface area (Å²) < 4.78 is 12.4. The van der Waals surface area contributed by atoms with Crippen molar-refractivity contribution < 1.29 is 9.26 Å². The molecule has 2 aromatic rings. The molecule has 8 nitrogen and oxygen atoms in total. The van der Waals surface area contributed by atoms with E-state index in [4.69, 9.17) is 15.0 Å². The van der Waals surface area contributed by atoms with E-state index in [1.54, 1.807) is 10.9 Å². The average molecular weight is 292 g/mol. The van der Waals surface area contributed by atoms with Crippen LogP contribution in [0.5, 0.6) is 0 Å². The minimum absolute atomic E-state index is 0.266. The van der Waals surface area contributed by atoms with Crippen molar-refractivity contribution in [2.75, 3.05) is 32.8 Å². The summed E-state index contributed by atoms with van der Waals surface area (Å²) in [6, 6.07) is -0.266. The van der Waals surface area contributed by atoms with Crippen LogP contribution >= 0.6 is 0 Å². The summed E-state index contributed by atoms with van der Waals surface area (Å²) in [4.78, 5) is 6.66. The molecule has 0 aromatic carbocycles. The predicted octanol–water partition coefficient (Wildman–Crippen LogP) is 0.111. The largest absolute Gasteiger partial charge is 0.379 e. The fourth-order valence-electron chi connectivity index (χ4n) is 2.35. The average Bonchev–Trinajstić information content (AvgIpc) is 3.09. The first kappa shape index (κ1) is 14.2. The number of nitrogens with two attached hydrogens (primary N) is 1. The van der Waals surface area contributed by atoms with Crippen molar-refractivity contribution in [3.8, 4) is 11.5 Å². The Bertz CT molecular complexity index is 602. The second-order valence-electron chi connectivity index (χ2n) is 5.24. The van der Waals surface area contributed by atoms with Gasteiger partial charge in [-0.15, -0.1) is 0 Å². The molecule has 8 heteroatoms. The van der Waals surface area contributed by atoms with Crippen LogP contribution in [-0.2, 0) is 11.8 Å². The summed E-state index contributed by atoms with van der Waals surface area (Å²) in [5.41, 5.74) is 7.99. The molecule has 2 N–H and O–H groups in total. The lowest BCUT2D eigenvalue weighted by Crippen LogP contribution is -2.40. The molecule has 0 aliphatic carbocycles. The van der Waals surface area contributed by atoms with E-state index in [2.05, 4.69) is 20.1 Å². The van der Waals surface area contributed by atoms with Crippen molar-refractivity contribution in [2.24, 2.45) is 12.8 Å². The van der Waals surface area contributed by atoms with Gasteiger partial charge in [0.25, 0.3) is 5.89 Å². The maximum absolute atomic E-state index is 6.17. The Balaban J connectivity index is 1.70. The highest BCUT2D eigenvalue weighted by Gasteiger charge is 2.21. The number of morpholine rings is 1. The van der Waals surface area contributed by atoms with Crippen molar-refractivity contribution in [3.05, 3.63) is 17.7 Å². The van der Waals surface area contributed by atoms with Gasteiger partial charge >= 0.3 is 0 Å². The number of aromatic nitrogens is 4. The SMILES string of the molecule is Cc1c(-c2nc(C(N)CN3CCOCC3)no2)cnn1C. The van der Waals surface area contributed by atoms with Crippen LogP contribution in [-0.4, -0.2) is 57.7 Å². The van der Waals surface area contributed by atoms with Crippen molar-refractivity contribution in [1.29, 1.82) is 0 Å². The third kappa shape index (κ3) is 2.97. The zero-order chi connectivity index (χ0) is 14.8. The van der Waals surface area contributed by atoms with E-state index >= 15 is 0 Å². The molecule has 0 amide bonds. The van der Waals surface area contributed by atoms with Crippen LogP contribution in [0.25, 0.3) is 11.5 Å². The third-order valence-corrected chi connectivity index (χ3v) is 3.80. The van der Waals surface area contributed by atoms with Gasteiger partial charge in [-0.1, -0.05) is 5.16 Å². The smallest absolute Gasteiger partial charge is 0.261 e. The summed E-state index contributed by atoms with van der Waals surface area (Å²) in [5, 5.41) is 8.18. The van der Waals surface area contributed by atoms with Gasteiger partial charge in [0.05, 0.1) is 31.0 Å². The lowest BCUT2D eigenvalue weighted by atomic mass is 10.2. The summed E-state index contributed by atoms with van der Waals surface area (Å²) in [5.74, 6) is 0.993. The molecular formula is C13H20N6O2. The Kier molecular flexibility index (Phi) is 4.00. The summed E-state index contributed by atoms with van der Waals surface area (Å²) >= 11 is 0. The molecule has 3 rings (SSSR count). The molecule has 0 bridgehead atoms. The van der Waals surface area contributed by atoms with Gasteiger partial charge in [0, 0.05) is 32.4 Å². The van der Waals surface area contributed by atoms with Gasteiger partial charge in [0.1, 0.15) is 0 Å². The van der Waals surface area contributed by atoms with Gasteiger partial charge in [-0.05, 0) is 6.92 Å². The first-order valence-corrected chi connectivity index (χ1v) is 7.03. The third-order valence-electron chi connectivity index (χ3n) is 3.80. The monoisotopic (exact) mass is 292 g/mol. The Hall–Kier alpha value is -1.77. The molecule has 1 saturated heterocycles. The second-order valence-corrected chi connectivity index (χ2v) is 5.24. The van der Waals surface area contributed by atoms with Crippen LogP contribution in [0, 0.1) is 6.92 Å². The first-order valence-electron chi connectivity index (χ1n) is 7.03. The second kappa shape index (κ2) is 5.92. The highest BCUT2D eigenvalue weighted by atomic mass is 16.5. The van der Waals surface area contributed by atoms with E-state index in [1.807, 2.05) is 14.0 Å². The molecule has 1 aliphatic rings. The molecule has 21 heavy (non-hydrogen) atoms. The van der Waals surface area contributed by atoms with E-state index in [1.165, 1.54) is 0 Å². The standard InChI is InChI=1S/C13H20N6O2/c1-9-10(7-15-18(9)2)13-16-12(17-21-13)11(14)8-19-3-5-20-6-4-19/h7,11H,3-6,8,14H2,1-2H3. The molecule has 1 fully saturated rings. The number of hydrogen-bond acceptors (Lipinski definition) is 7. The van der Waals surface area contributed by atoms with E-state index in [9.17, 15) is 0 Å². The molecule has 114 valence electrons. The number of nitrogens with zero attached hydrogens (tertiary/aromatic N) is 5. The van der Waals surface area contributed by atoms with Crippen LogP contribution in [0.3, 0.4) is 0 Å². The topological polar surface area (TPSA) is 95.2 Å². The first-order chi connectivity index (χ1) is 10.1. The molecule has 2 aromatic heterocycles. The van der Waals surface area contributed by atoms with E-state index in [0.717, 1.165) is 37.6 Å².